The largest absolute Gasteiger partial charge is 0.497 e. The Labute approximate surface area is 162 Å². The molecule has 142 valence electrons. The number of benzene rings is 2. The molecule has 2 heterocycles. The Kier molecular flexibility index (Phi) is 5.05. The van der Waals surface area contributed by atoms with Gasteiger partial charge in [0, 0.05) is 23.2 Å². The predicted molar refractivity (Wildman–Crippen MR) is 108 cm³/mol. The molecule has 0 radical (unpaired) electrons. The normalized spacial score (nSPS) is 10.8. The summed E-state index contributed by atoms with van der Waals surface area (Å²) in [5, 5.41) is 11.7. The lowest BCUT2D eigenvalue weighted by Gasteiger charge is -2.08. The summed E-state index contributed by atoms with van der Waals surface area (Å²) in [6, 6.07) is 15.8. The summed E-state index contributed by atoms with van der Waals surface area (Å²) in [6.45, 7) is 0. The summed E-state index contributed by atoms with van der Waals surface area (Å²) in [7, 11) is 3.31. The van der Waals surface area contributed by atoms with Crippen molar-refractivity contribution in [3.63, 3.8) is 0 Å². The first-order chi connectivity index (χ1) is 13.7. The van der Waals surface area contributed by atoms with E-state index in [1.807, 2.05) is 48.5 Å². The maximum absolute atomic E-state index is 5.33. The van der Waals surface area contributed by atoms with Gasteiger partial charge >= 0.3 is 0 Å². The minimum atomic E-state index is 0.724. The molecule has 0 spiro atoms. The van der Waals surface area contributed by atoms with Gasteiger partial charge in [-0.15, -0.1) is 0 Å². The Hall–Kier alpha value is -3.61. The number of methoxy groups -OCH3 is 2. The van der Waals surface area contributed by atoms with Crippen molar-refractivity contribution in [1.29, 1.82) is 0 Å². The van der Waals surface area contributed by atoms with Gasteiger partial charge in [0.25, 0.3) is 0 Å². The zero-order valence-electron chi connectivity index (χ0n) is 15.8. The average molecular weight is 375 g/mol. The maximum atomic E-state index is 5.33. The van der Waals surface area contributed by atoms with E-state index in [1.54, 1.807) is 20.5 Å². The van der Waals surface area contributed by atoms with Gasteiger partial charge in [0.05, 0.1) is 19.7 Å². The van der Waals surface area contributed by atoms with Crippen LogP contribution in [-0.2, 0) is 12.8 Å². The predicted octanol–water partition coefficient (Wildman–Crippen LogP) is 3.90. The molecule has 28 heavy (non-hydrogen) atoms. The van der Waals surface area contributed by atoms with Crippen LogP contribution in [0.1, 0.15) is 11.3 Å². The number of rotatable bonds is 7. The van der Waals surface area contributed by atoms with Gasteiger partial charge in [0.15, 0.2) is 5.82 Å². The molecule has 0 bridgehead atoms. The van der Waals surface area contributed by atoms with Crippen LogP contribution in [0.4, 0.5) is 11.6 Å². The Bertz CT molecular complexity index is 1070. The van der Waals surface area contributed by atoms with Crippen LogP contribution >= 0.6 is 0 Å². The summed E-state index contributed by atoms with van der Waals surface area (Å²) in [5.74, 6) is 3.04. The first-order valence-corrected chi connectivity index (χ1v) is 8.98. The molecule has 0 atom stereocenters. The average Bonchev–Trinajstić information content (AvgIpc) is 3.19. The van der Waals surface area contributed by atoms with Crippen LogP contribution in [-0.4, -0.2) is 34.4 Å². The number of ether oxygens (including phenoxy) is 2. The fraction of sp³-hybridized carbons (Fsp3) is 0.190. The zero-order chi connectivity index (χ0) is 19.3. The standard InChI is InChI=1S/C21H21N5O2/c1-27-16-9-14(10-17(12-16)28-2)7-8-15-11-20(26-25-15)24-21-18-5-3-4-6-19(18)22-13-23-21/h3-6,9-13H,7-8H2,1-2H3,(H2,22,23,24,25,26). The van der Waals surface area contributed by atoms with Gasteiger partial charge < -0.3 is 14.8 Å². The van der Waals surface area contributed by atoms with E-state index in [0.717, 1.165) is 58.1 Å². The number of aromatic nitrogens is 4. The Morgan fingerprint density at radius 1 is 0.929 bits per heavy atom. The van der Waals surface area contributed by atoms with Crippen LogP contribution in [0.2, 0.25) is 0 Å². The number of fused-ring (bicyclic) bond motifs is 1. The van der Waals surface area contributed by atoms with Crippen molar-refractivity contribution in [3.8, 4) is 11.5 Å². The Balaban J connectivity index is 1.46. The van der Waals surface area contributed by atoms with Crippen LogP contribution < -0.4 is 14.8 Å². The second-order valence-corrected chi connectivity index (χ2v) is 6.36. The zero-order valence-corrected chi connectivity index (χ0v) is 15.8. The van der Waals surface area contributed by atoms with E-state index >= 15 is 0 Å². The highest BCUT2D eigenvalue weighted by molar-refractivity contribution is 5.90. The van der Waals surface area contributed by atoms with E-state index in [4.69, 9.17) is 9.47 Å². The first-order valence-electron chi connectivity index (χ1n) is 8.98. The highest BCUT2D eigenvalue weighted by Crippen LogP contribution is 2.24. The number of aromatic amines is 1. The molecular weight excluding hydrogens is 354 g/mol. The summed E-state index contributed by atoms with van der Waals surface area (Å²) in [5.41, 5.74) is 3.06. The lowest BCUT2D eigenvalue weighted by molar-refractivity contribution is 0.393. The van der Waals surface area contributed by atoms with Crippen LogP contribution in [0, 0.1) is 0 Å². The van der Waals surface area contributed by atoms with Crippen molar-refractivity contribution >= 4 is 22.5 Å². The minimum Gasteiger partial charge on any atom is -0.497 e. The molecule has 0 amide bonds. The number of aryl methyl sites for hydroxylation is 2. The summed E-state index contributed by atoms with van der Waals surface area (Å²) >= 11 is 0. The molecule has 7 nitrogen and oxygen atoms in total. The van der Waals surface area contributed by atoms with Gasteiger partial charge in [-0.25, -0.2) is 9.97 Å². The van der Waals surface area contributed by atoms with Crippen molar-refractivity contribution < 1.29 is 9.47 Å². The highest BCUT2D eigenvalue weighted by atomic mass is 16.5. The quantitative estimate of drug-likeness (QED) is 0.510. The number of H-pyrrole nitrogens is 1. The first kappa shape index (κ1) is 17.8. The van der Waals surface area contributed by atoms with Crippen molar-refractivity contribution in [2.45, 2.75) is 12.8 Å². The van der Waals surface area contributed by atoms with Gasteiger partial charge in [-0.2, -0.15) is 5.10 Å². The molecule has 7 heteroatoms. The van der Waals surface area contributed by atoms with E-state index in [1.165, 1.54) is 0 Å². The van der Waals surface area contributed by atoms with E-state index in [-0.39, 0.29) is 0 Å². The molecule has 0 aliphatic heterocycles. The van der Waals surface area contributed by atoms with E-state index in [2.05, 4.69) is 25.5 Å². The second-order valence-electron chi connectivity index (χ2n) is 6.36. The summed E-state index contributed by atoms with van der Waals surface area (Å²) < 4.78 is 10.7. The minimum absolute atomic E-state index is 0.724. The number of hydrogen-bond acceptors (Lipinski definition) is 6. The van der Waals surface area contributed by atoms with Gasteiger partial charge in [-0.3, -0.25) is 5.10 Å². The van der Waals surface area contributed by atoms with Gasteiger partial charge in [-0.05, 0) is 42.7 Å². The molecule has 2 aromatic heterocycles. The number of hydrogen-bond donors (Lipinski definition) is 2. The highest BCUT2D eigenvalue weighted by Gasteiger charge is 2.08. The van der Waals surface area contributed by atoms with Crippen LogP contribution in [0.25, 0.3) is 10.9 Å². The van der Waals surface area contributed by atoms with Gasteiger partial charge in [-0.1, -0.05) is 12.1 Å². The molecule has 0 aliphatic carbocycles. The fourth-order valence-corrected chi connectivity index (χ4v) is 3.07. The number of anilines is 2. The molecular formula is C21H21N5O2. The van der Waals surface area contributed by atoms with Gasteiger partial charge in [0.2, 0.25) is 0 Å². The molecule has 0 unspecified atom stereocenters. The lowest BCUT2D eigenvalue weighted by atomic mass is 10.1. The van der Waals surface area contributed by atoms with E-state index in [9.17, 15) is 0 Å². The molecule has 2 aromatic carbocycles. The third-order valence-electron chi connectivity index (χ3n) is 4.51. The Morgan fingerprint density at radius 2 is 1.71 bits per heavy atom. The van der Waals surface area contributed by atoms with Crippen LogP contribution in [0.3, 0.4) is 0 Å². The third kappa shape index (κ3) is 3.88. The topological polar surface area (TPSA) is 85.0 Å². The molecule has 4 rings (SSSR count). The number of para-hydroxylation sites is 1. The molecule has 4 aromatic rings. The SMILES string of the molecule is COc1cc(CCc2cc(Nc3ncnc4ccccc34)n[nH]2)cc(OC)c1. The molecule has 0 saturated heterocycles. The van der Waals surface area contributed by atoms with Crippen molar-refractivity contribution in [2.75, 3.05) is 19.5 Å². The number of nitrogens with one attached hydrogen (secondary N) is 2. The van der Waals surface area contributed by atoms with Crippen LogP contribution in [0.5, 0.6) is 11.5 Å². The van der Waals surface area contributed by atoms with Crippen molar-refractivity contribution in [1.82, 2.24) is 20.2 Å². The number of nitrogens with zero attached hydrogens (tertiary/aromatic N) is 3. The second kappa shape index (κ2) is 7.96. The summed E-state index contributed by atoms with van der Waals surface area (Å²) in [4.78, 5) is 8.62. The summed E-state index contributed by atoms with van der Waals surface area (Å²) in [6.07, 6.45) is 3.20. The maximum Gasteiger partial charge on any atom is 0.153 e. The van der Waals surface area contributed by atoms with Crippen molar-refractivity contribution in [2.24, 2.45) is 0 Å². The van der Waals surface area contributed by atoms with E-state index < -0.39 is 0 Å². The molecule has 0 aliphatic rings. The Morgan fingerprint density at radius 3 is 2.50 bits per heavy atom. The van der Waals surface area contributed by atoms with Crippen LogP contribution in [0.15, 0.2) is 54.9 Å². The molecule has 2 N–H and O–H groups in total. The van der Waals surface area contributed by atoms with Gasteiger partial charge in [0.1, 0.15) is 23.6 Å². The lowest BCUT2D eigenvalue weighted by Crippen LogP contribution is -1.96. The third-order valence-corrected chi connectivity index (χ3v) is 4.51. The van der Waals surface area contributed by atoms with E-state index in [0.29, 0.717) is 0 Å². The fourth-order valence-electron chi connectivity index (χ4n) is 3.07. The monoisotopic (exact) mass is 375 g/mol. The molecule has 0 fully saturated rings. The molecule has 0 saturated carbocycles. The van der Waals surface area contributed by atoms with Crippen molar-refractivity contribution in [3.05, 3.63) is 66.1 Å². The smallest absolute Gasteiger partial charge is 0.153 e.